The molecule has 108 valence electrons. The van der Waals surface area contributed by atoms with Crippen molar-refractivity contribution in [3.8, 4) is 0 Å². The van der Waals surface area contributed by atoms with Gasteiger partial charge in [-0.05, 0) is 24.7 Å². The third-order valence-corrected chi connectivity index (χ3v) is 4.42. The first-order valence-corrected chi connectivity index (χ1v) is 7.48. The summed E-state index contributed by atoms with van der Waals surface area (Å²) in [4.78, 5) is 26.2. The van der Waals surface area contributed by atoms with Crippen molar-refractivity contribution in [3.63, 3.8) is 0 Å². The predicted octanol–water partition coefficient (Wildman–Crippen LogP) is 3.07. The second kappa shape index (κ2) is 5.14. The highest BCUT2D eigenvalue weighted by molar-refractivity contribution is 6.07. The monoisotopic (exact) mass is 266 g/mol. The van der Waals surface area contributed by atoms with Crippen LogP contribution in [-0.4, -0.2) is 28.9 Å². The van der Waals surface area contributed by atoms with E-state index in [2.05, 4.69) is 26.1 Å². The molecule has 0 unspecified atom stereocenters. The van der Waals surface area contributed by atoms with Crippen LogP contribution in [0.1, 0.15) is 65.7 Å². The van der Waals surface area contributed by atoms with Crippen molar-refractivity contribution >= 4 is 11.9 Å². The van der Waals surface area contributed by atoms with Gasteiger partial charge in [-0.3, -0.25) is 10.1 Å². The van der Waals surface area contributed by atoms with Crippen LogP contribution >= 0.6 is 0 Å². The smallest absolute Gasteiger partial charge is 0.310 e. The topological polar surface area (TPSA) is 49.4 Å². The number of hydrogen-bond acceptors (Lipinski definition) is 2. The average molecular weight is 266 g/mol. The molecule has 1 N–H and O–H groups in total. The van der Waals surface area contributed by atoms with Crippen molar-refractivity contribution in [2.45, 2.75) is 71.3 Å². The Morgan fingerprint density at radius 1 is 1.11 bits per heavy atom. The third-order valence-electron chi connectivity index (χ3n) is 4.42. The SMILES string of the molecule is CC(C)(C)CCN1C(=O)NC(=O)C12CCCCCC2. The highest BCUT2D eigenvalue weighted by atomic mass is 16.2. The van der Waals surface area contributed by atoms with Crippen LogP contribution < -0.4 is 5.32 Å². The molecule has 0 aromatic carbocycles. The number of nitrogens with zero attached hydrogens (tertiary/aromatic N) is 1. The first kappa shape index (κ1) is 14.4. The number of hydrogen-bond donors (Lipinski definition) is 1. The van der Waals surface area contributed by atoms with Gasteiger partial charge in [0.25, 0.3) is 5.91 Å². The highest BCUT2D eigenvalue weighted by Crippen LogP contribution is 2.37. The van der Waals surface area contributed by atoms with E-state index < -0.39 is 5.54 Å². The summed E-state index contributed by atoms with van der Waals surface area (Å²) in [5.41, 5.74) is -0.364. The summed E-state index contributed by atoms with van der Waals surface area (Å²) in [5, 5.41) is 2.54. The van der Waals surface area contributed by atoms with E-state index in [0.717, 1.165) is 32.1 Å². The molecule has 1 spiro atoms. The van der Waals surface area contributed by atoms with Gasteiger partial charge in [0.1, 0.15) is 5.54 Å². The van der Waals surface area contributed by atoms with Gasteiger partial charge in [-0.1, -0.05) is 46.5 Å². The first-order chi connectivity index (χ1) is 8.85. The minimum absolute atomic E-state index is 0.0618. The summed E-state index contributed by atoms with van der Waals surface area (Å²) in [7, 11) is 0. The number of carbonyl (C=O) groups is 2. The van der Waals surface area contributed by atoms with E-state index >= 15 is 0 Å². The van der Waals surface area contributed by atoms with Crippen LogP contribution in [-0.2, 0) is 4.79 Å². The second-order valence-electron chi connectivity index (χ2n) is 7.17. The normalized spacial score (nSPS) is 23.6. The lowest BCUT2D eigenvalue weighted by Crippen LogP contribution is -2.50. The molecule has 0 bridgehead atoms. The van der Waals surface area contributed by atoms with Crippen LogP contribution in [0, 0.1) is 5.41 Å². The molecule has 4 nitrogen and oxygen atoms in total. The Bertz CT molecular complexity index is 363. The Hall–Kier alpha value is -1.06. The summed E-state index contributed by atoms with van der Waals surface area (Å²) in [5.74, 6) is -0.0618. The fraction of sp³-hybridized carbons (Fsp3) is 0.867. The van der Waals surface area contributed by atoms with Crippen molar-refractivity contribution in [2.75, 3.05) is 6.54 Å². The minimum Gasteiger partial charge on any atom is -0.310 e. The lowest BCUT2D eigenvalue weighted by Gasteiger charge is -2.36. The molecule has 0 radical (unpaired) electrons. The van der Waals surface area contributed by atoms with Crippen molar-refractivity contribution in [1.82, 2.24) is 10.2 Å². The van der Waals surface area contributed by atoms with E-state index in [1.54, 1.807) is 0 Å². The van der Waals surface area contributed by atoms with Crippen molar-refractivity contribution in [3.05, 3.63) is 0 Å². The molecule has 0 atom stereocenters. The lowest BCUT2D eigenvalue weighted by atomic mass is 9.86. The zero-order valence-corrected chi connectivity index (χ0v) is 12.4. The van der Waals surface area contributed by atoms with E-state index in [9.17, 15) is 9.59 Å². The van der Waals surface area contributed by atoms with Crippen LogP contribution in [0.5, 0.6) is 0 Å². The van der Waals surface area contributed by atoms with Gasteiger partial charge in [0.05, 0.1) is 0 Å². The maximum atomic E-state index is 12.3. The Morgan fingerprint density at radius 2 is 1.68 bits per heavy atom. The average Bonchev–Trinajstić information content (AvgIpc) is 2.48. The Labute approximate surface area is 115 Å². The zero-order valence-electron chi connectivity index (χ0n) is 12.4. The summed E-state index contributed by atoms with van der Waals surface area (Å²) in [6.07, 6.45) is 7.03. The Morgan fingerprint density at radius 3 is 2.21 bits per heavy atom. The van der Waals surface area contributed by atoms with E-state index in [0.29, 0.717) is 6.54 Å². The van der Waals surface area contributed by atoms with Gasteiger partial charge in [0.15, 0.2) is 0 Å². The largest absolute Gasteiger partial charge is 0.325 e. The van der Waals surface area contributed by atoms with E-state index in [1.807, 2.05) is 4.90 Å². The van der Waals surface area contributed by atoms with Gasteiger partial charge in [0.2, 0.25) is 0 Å². The maximum absolute atomic E-state index is 12.3. The molecule has 2 aliphatic rings. The van der Waals surface area contributed by atoms with Crippen LogP contribution in [0.2, 0.25) is 0 Å². The van der Waals surface area contributed by atoms with Gasteiger partial charge in [0, 0.05) is 6.54 Å². The molecular weight excluding hydrogens is 240 g/mol. The van der Waals surface area contributed by atoms with Crippen molar-refractivity contribution in [2.24, 2.45) is 5.41 Å². The molecule has 4 heteroatoms. The summed E-state index contributed by atoms with van der Waals surface area (Å²) in [6, 6.07) is -0.184. The molecule has 1 aliphatic carbocycles. The van der Waals surface area contributed by atoms with Crippen LogP contribution in [0.15, 0.2) is 0 Å². The molecule has 0 aromatic rings. The maximum Gasteiger partial charge on any atom is 0.325 e. The van der Waals surface area contributed by atoms with Gasteiger partial charge < -0.3 is 4.90 Å². The number of carbonyl (C=O) groups excluding carboxylic acids is 2. The molecule has 19 heavy (non-hydrogen) atoms. The van der Waals surface area contributed by atoms with Crippen LogP contribution in [0.25, 0.3) is 0 Å². The Kier molecular flexibility index (Phi) is 3.88. The second-order valence-corrected chi connectivity index (χ2v) is 7.17. The zero-order chi connectivity index (χ0) is 14.1. The van der Waals surface area contributed by atoms with E-state index in [-0.39, 0.29) is 17.4 Å². The van der Waals surface area contributed by atoms with Gasteiger partial charge in [-0.15, -0.1) is 0 Å². The fourth-order valence-corrected chi connectivity index (χ4v) is 3.17. The summed E-state index contributed by atoms with van der Waals surface area (Å²) in [6.45, 7) is 7.19. The molecule has 2 rings (SSSR count). The van der Waals surface area contributed by atoms with Crippen molar-refractivity contribution in [1.29, 1.82) is 0 Å². The molecular formula is C15H26N2O2. The third kappa shape index (κ3) is 2.93. The Balaban J connectivity index is 2.17. The van der Waals surface area contributed by atoms with Gasteiger partial charge in [-0.2, -0.15) is 0 Å². The van der Waals surface area contributed by atoms with Crippen molar-refractivity contribution < 1.29 is 9.59 Å². The van der Waals surface area contributed by atoms with Gasteiger partial charge >= 0.3 is 6.03 Å². The number of amides is 3. The molecule has 0 aromatic heterocycles. The highest BCUT2D eigenvalue weighted by Gasteiger charge is 2.52. The summed E-state index contributed by atoms with van der Waals surface area (Å²) < 4.78 is 0. The van der Waals surface area contributed by atoms with Crippen LogP contribution in [0.3, 0.4) is 0 Å². The van der Waals surface area contributed by atoms with E-state index in [4.69, 9.17) is 0 Å². The van der Waals surface area contributed by atoms with E-state index in [1.165, 1.54) is 12.8 Å². The quantitative estimate of drug-likeness (QED) is 0.781. The first-order valence-electron chi connectivity index (χ1n) is 7.48. The standard InChI is InChI=1S/C15H26N2O2/c1-14(2,3)10-11-17-13(19)16-12(18)15(17)8-6-4-5-7-9-15/h4-11H2,1-3H3,(H,16,18,19). The fourth-order valence-electron chi connectivity index (χ4n) is 3.17. The molecule has 1 aliphatic heterocycles. The molecule has 1 heterocycles. The molecule has 2 fully saturated rings. The number of imide groups is 1. The lowest BCUT2D eigenvalue weighted by molar-refractivity contribution is -0.127. The molecule has 1 saturated carbocycles. The number of nitrogens with one attached hydrogen (secondary N) is 1. The minimum atomic E-state index is -0.543. The number of rotatable bonds is 2. The molecule has 1 saturated heterocycles. The summed E-state index contributed by atoms with van der Waals surface area (Å²) >= 11 is 0. The predicted molar refractivity (Wildman–Crippen MR) is 74.7 cm³/mol. The molecule has 3 amide bonds. The van der Waals surface area contributed by atoms with Crippen LogP contribution in [0.4, 0.5) is 4.79 Å². The van der Waals surface area contributed by atoms with Gasteiger partial charge in [-0.25, -0.2) is 4.79 Å². The number of urea groups is 1.